The van der Waals surface area contributed by atoms with Gasteiger partial charge in [-0.25, -0.2) is 14.0 Å². The number of carbonyl (C=O) groups excluding carboxylic acids is 2. The maximum Gasteiger partial charge on any atom is 0.424 e. The number of hydrogen-bond acceptors (Lipinski definition) is 4. The molecular weight excluding hydrogens is 405 g/mol. The van der Waals surface area contributed by atoms with E-state index >= 15 is 0 Å². The summed E-state index contributed by atoms with van der Waals surface area (Å²) >= 11 is 3.44. The number of benzene rings is 1. The highest BCUT2D eigenvalue weighted by Crippen LogP contribution is 2.39. The molecule has 5 nitrogen and oxygen atoms in total. The number of hydrogen-bond donors (Lipinski definition) is 0. The summed E-state index contributed by atoms with van der Waals surface area (Å²) in [6.45, 7) is 10.1. The Kier molecular flexibility index (Phi) is 5.71. The van der Waals surface area contributed by atoms with E-state index < -0.39 is 29.2 Å². The number of rotatable bonds is 1. The molecular formula is C19H25BrFNO4. The zero-order valence-electron chi connectivity index (χ0n) is 16.0. The van der Waals surface area contributed by atoms with Gasteiger partial charge in [-0.2, -0.15) is 4.90 Å². The van der Waals surface area contributed by atoms with Gasteiger partial charge in [0.15, 0.2) is 0 Å². The van der Waals surface area contributed by atoms with Gasteiger partial charge in [-0.3, -0.25) is 0 Å². The van der Waals surface area contributed by atoms with Gasteiger partial charge in [-0.05, 0) is 93.9 Å². The molecule has 0 fully saturated rings. The van der Waals surface area contributed by atoms with Crippen molar-refractivity contribution in [2.24, 2.45) is 0 Å². The Morgan fingerprint density at radius 2 is 1.46 bits per heavy atom. The van der Waals surface area contributed by atoms with Crippen LogP contribution in [-0.4, -0.2) is 23.4 Å². The summed E-state index contributed by atoms with van der Waals surface area (Å²) in [5.74, 6) is -0.437. The second-order valence-electron chi connectivity index (χ2n) is 8.30. The van der Waals surface area contributed by atoms with Crippen LogP contribution in [0.2, 0.25) is 0 Å². The lowest BCUT2D eigenvalue weighted by atomic mass is 10.1. The first-order valence-electron chi connectivity index (χ1n) is 8.56. The van der Waals surface area contributed by atoms with Gasteiger partial charge in [0.25, 0.3) is 0 Å². The average molecular weight is 430 g/mol. The summed E-state index contributed by atoms with van der Waals surface area (Å²) in [5, 5.41) is 0. The summed E-state index contributed by atoms with van der Waals surface area (Å²) in [6.07, 6.45) is 0.318. The van der Waals surface area contributed by atoms with Crippen LogP contribution in [0.5, 0.6) is 0 Å². The van der Waals surface area contributed by atoms with Crippen molar-refractivity contribution in [2.75, 3.05) is 4.90 Å². The first-order chi connectivity index (χ1) is 11.8. The van der Waals surface area contributed by atoms with E-state index in [-0.39, 0.29) is 5.69 Å². The van der Waals surface area contributed by atoms with Gasteiger partial charge >= 0.3 is 12.2 Å². The zero-order chi connectivity index (χ0) is 19.9. The molecule has 0 radical (unpaired) electrons. The SMILES string of the molecule is CC(C)(C)OC(=O)N(C(=O)OC(C)(C)C)c1cc(F)c2c(c1Br)CCC2. The van der Waals surface area contributed by atoms with E-state index in [1.54, 1.807) is 41.5 Å². The number of ether oxygens (including phenoxy) is 2. The maximum atomic E-state index is 14.5. The lowest BCUT2D eigenvalue weighted by Crippen LogP contribution is -2.44. The highest BCUT2D eigenvalue weighted by molar-refractivity contribution is 9.10. The van der Waals surface area contributed by atoms with Crippen molar-refractivity contribution in [1.29, 1.82) is 0 Å². The van der Waals surface area contributed by atoms with Crippen LogP contribution in [0.4, 0.5) is 19.7 Å². The van der Waals surface area contributed by atoms with Gasteiger partial charge in [-0.15, -0.1) is 0 Å². The van der Waals surface area contributed by atoms with Crippen LogP contribution in [-0.2, 0) is 22.3 Å². The van der Waals surface area contributed by atoms with Crippen LogP contribution in [0.3, 0.4) is 0 Å². The second-order valence-corrected chi connectivity index (χ2v) is 9.09. The Bertz CT molecular complexity index is 707. The van der Waals surface area contributed by atoms with Crippen LogP contribution < -0.4 is 4.90 Å². The standard InChI is InChI=1S/C19H25BrFNO4/c1-18(2,3)25-16(23)22(17(24)26-19(4,5)6)14-10-13(21)11-8-7-9-12(11)15(14)20/h10H,7-9H2,1-6H3. The molecule has 1 aliphatic rings. The highest BCUT2D eigenvalue weighted by atomic mass is 79.9. The molecule has 0 atom stereocenters. The summed E-state index contributed by atoms with van der Waals surface area (Å²) in [4.78, 5) is 26.2. The van der Waals surface area contributed by atoms with Crippen LogP contribution >= 0.6 is 15.9 Å². The van der Waals surface area contributed by atoms with E-state index in [1.165, 1.54) is 6.07 Å². The predicted octanol–water partition coefficient (Wildman–Crippen LogP) is 5.75. The van der Waals surface area contributed by atoms with Gasteiger partial charge in [0, 0.05) is 4.47 Å². The molecule has 2 amide bonds. The van der Waals surface area contributed by atoms with Crippen LogP contribution in [0.25, 0.3) is 0 Å². The van der Waals surface area contributed by atoms with Crippen molar-refractivity contribution < 1.29 is 23.5 Å². The summed E-state index contributed by atoms with van der Waals surface area (Å²) < 4.78 is 25.8. The second kappa shape index (κ2) is 7.18. The quantitative estimate of drug-likeness (QED) is 0.569. The fourth-order valence-electron chi connectivity index (χ4n) is 2.72. The van der Waals surface area contributed by atoms with E-state index in [4.69, 9.17) is 9.47 Å². The van der Waals surface area contributed by atoms with Crippen LogP contribution in [0.15, 0.2) is 10.5 Å². The molecule has 0 N–H and O–H groups in total. The lowest BCUT2D eigenvalue weighted by molar-refractivity contribution is 0.0430. The number of fused-ring (bicyclic) bond motifs is 1. The molecule has 1 aromatic rings. The minimum Gasteiger partial charge on any atom is -0.443 e. The summed E-state index contributed by atoms with van der Waals surface area (Å²) in [6, 6.07) is 1.18. The number of nitrogens with zero attached hydrogens (tertiary/aromatic N) is 1. The number of amides is 2. The summed E-state index contributed by atoms with van der Waals surface area (Å²) in [5.41, 5.74) is -0.157. The molecule has 0 spiro atoms. The molecule has 26 heavy (non-hydrogen) atoms. The van der Waals surface area contributed by atoms with E-state index in [0.717, 1.165) is 16.9 Å². The van der Waals surface area contributed by atoms with E-state index in [2.05, 4.69) is 15.9 Å². The lowest BCUT2D eigenvalue weighted by Gasteiger charge is -2.29. The van der Waals surface area contributed by atoms with Gasteiger partial charge < -0.3 is 9.47 Å². The number of anilines is 1. The minimum atomic E-state index is -0.912. The number of halogens is 2. The third-order valence-corrected chi connectivity index (χ3v) is 4.54. The van der Waals surface area contributed by atoms with E-state index in [1.807, 2.05) is 0 Å². The molecule has 144 valence electrons. The maximum absolute atomic E-state index is 14.5. The topological polar surface area (TPSA) is 55.8 Å². The Labute approximate surface area is 162 Å². The van der Waals surface area contributed by atoms with Crippen molar-refractivity contribution in [3.8, 4) is 0 Å². The fraction of sp³-hybridized carbons (Fsp3) is 0.579. The van der Waals surface area contributed by atoms with Crippen molar-refractivity contribution in [1.82, 2.24) is 0 Å². The van der Waals surface area contributed by atoms with Gasteiger partial charge in [-0.1, -0.05) is 0 Å². The Morgan fingerprint density at radius 1 is 1.00 bits per heavy atom. The molecule has 0 unspecified atom stereocenters. The molecule has 0 heterocycles. The highest BCUT2D eigenvalue weighted by Gasteiger charge is 2.35. The van der Waals surface area contributed by atoms with Crippen molar-refractivity contribution in [2.45, 2.75) is 72.0 Å². The van der Waals surface area contributed by atoms with E-state index in [9.17, 15) is 14.0 Å². The Hall–Kier alpha value is -1.63. The third kappa shape index (κ3) is 4.75. The largest absolute Gasteiger partial charge is 0.443 e. The first-order valence-corrected chi connectivity index (χ1v) is 9.35. The minimum absolute atomic E-state index is 0.0895. The average Bonchev–Trinajstić information content (AvgIpc) is 2.90. The molecule has 0 saturated heterocycles. The van der Waals surface area contributed by atoms with Crippen molar-refractivity contribution in [3.05, 3.63) is 27.5 Å². The van der Waals surface area contributed by atoms with Gasteiger partial charge in [0.1, 0.15) is 17.0 Å². The predicted molar refractivity (Wildman–Crippen MR) is 101 cm³/mol. The van der Waals surface area contributed by atoms with Crippen LogP contribution in [0, 0.1) is 5.82 Å². The molecule has 2 rings (SSSR count). The first kappa shape index (κ1) is 20.7. The van der Waals surface area contributed by atoms with Crippen LogP contribution in [0.1, 0.15) is 59.1 Å². The van der Waals surface area contributed by atoms with Gasteiger partial charge in [0.2, 0.25) is 0 Å². The zero-order valence-corrected chi connectivity index (χ0v) is 17.6. The number of imide groups is 1. The Morgan fingerprint density at radius 3 is 1.92 bits per heavy atom. The van der Waals surface area contributed by atoms with Crippen molar-refractivity contribution >= 4 is 33.8 Å². The molecule has 7 heteroatoms. The smallest absolute Gasteiger partial charge is 0.424 e. The molecule has 0 bridgehead atoms. The molecule has 1 aliphatic carbocycles. The number of carbonyl (C=O) groups is 2. The van der Waals surface area contributed by atoms with Gasteiger partial charge in [0.05, 0.1) is 5.69 Å². The van der Waals surface area contributed by atoms with E-state index in [0.29, 0.717) is 22.9 Å². The monoisotopic (exact) mass is 429 g/mol. The third-order valence-electron chi connectivity index (χ3n) is 3.65. The fourth-order valence-corrected chi connectivity index (χ4v) is 3.45. The van der Waals surface area contributed by atoms with Crippen molar-refractivity contribution in [3.63, 3.8) is 0 Å². The molecule has 0 aliphatic heterocycles. The summed E-state index contributed by atoms with van der Waals surface area (Å²) in [7, 11) is 0. The molecule has 0 aromatic heterocycles. The Balaban J connectivity index is 2.52. The molecule has 0 saturated carbocycles. The molecule has 1 aromatic carbocycles. The normalized spacial score (nSPS) is 14.0.